The third-order valence-electron chi connectivity index (χ3n) is 5.82. The van der Waals surface area contributed by atoms with Crippen LogP contribution in [0.2, 0.25) is 0 Å². The van der Waals surface area contributed by atoms with Gasteiger partial charge in [0.05, 0.1) is 32.4 Å². The zero-order chi connectivity index (χ0) is 23.8. The van der Waals surface area contributed by atoms with Crippen molar-refractivity contribution in [2.75, 3.05) is 21.0 Å². The van der Waals surface area contributed by atoms with Crippen LogP contribution in [0.1, 0.15) is 22.0 Å². The van der Waals surface area contributed by atoms with E-state index in [4.69, 9.17) is 18.9 Å². The van der Waals surface area contributed by atoms with Gasteiger partial charge in [0.2, 0.25) is 6.79 Å². The van der Waals surface area contributed by atoms with Crippen molar-refractivity contribution in [1.29, 1.82) is 0 Å². The second-order valence-corrected chi connectivity index (χ2v) is 8.69. The molecule has 0 bridgehead atoms. The molecule has 1 fully saturated rings. The molecule has 1 amide bonds. The van der Waals surface area contributed by atoms with Gasteiger partial charge in [0.15, 0.2) is 23.0 Å². The number of thiophene rings is 1. The minimum Gasteiger partial charge on any atom is -0.507 e. The lowest BCUT2D eigenvalue weighted by Crippen LogP contribution is -2.29. The highest BCUT2D eigenvalue weighted by atomic mass is 32.1. The maximum absolute atomic E-state index is 13.3. The first-order valence-corrected chi connectivity index (χ1v) is 11.3. The number of rotatable bonds is 6. The van der Waals surface area contributed by atoms with E-state index in [1.165, 1.54) is 30.5 Å². The van der Waals surface area contributed by atoms with Crippen molar-refractivity contribution in [1.82, 2.24) is 4.90 Å². The molecule has 1 aromatic heterocycles. The molecule has 1 N–H and O–H groups in total. The Morgan fingerprint density at radius 3 is 2.65 bits per heavy atom. The van der Waals surface area contributed by atoms with Crippen LogP contribution in [-0.4, -0.2) is 42.7 Å². The fourth-order valence-electron chi connectivity index (χ4n) is 4.26. The predicted octanol–water partition coefficient (Wildman–Crippen LogP) is 4.12. The normalized spacial score (nSPS) is 18.4. The Bertz CT molecular complexity index is 1300. The number of hydrogen-bond donors (Lipinski definition) is 1. The molecule has 2 aliphatic heterocycles. The summed E-state index contributed by atoms with van der Waals surface area (Å²) in [5.41, 5.74) is 0.831. The minimum absolute atomic E-state index is 0.0352. The fraction of sp³-hybridized carbons (Fsp3) is 0.200. The molecular weight excluding hydrogens is 458 g/mol. The molecule has 8 nitrogen and oxygen atoms in total. The van der Waals surface area contributed by atoms with E-state index in [1.807, 2.05) is 17.5 Å². The number of hydrogen-bond acceptors (Lipinski definition) is 8. The summed E-state index contributed by atoms with van der Waals surface area (Å²) in [7, 11) is 3.00. The molecule has 1 saturated heterocycles. The highest BCUT2D eigenvalue weighted by Gasteiger charge is 2.47. The summed E-state index contributed by atoms with van der Waals surface area (Å²) in [5.74, 6) is 0.0370. The third-order valence-corrected chi connectivity index (χ3v) is 6.68. The SMILES string of the molecule is COc1cccc(C2/C(=C(\O)c3ccc4c(c3)OCO4)C(=O)C(=O)N2Cc2cccs2)c1OC. The van der Waals surface area contributed by atoms with Crippen LogP contribution in [0.3, 0.4) is 0 Å². The molecule has 5 rings (SSSR count). The number of likely N-dealkylation sites (tertiary alicyclic amines) is 1. The summed E-state index contributed by atoms with van der Waals surface area (Å²) in [6, 6.07) is 13.0. The van der Waals surface area contributed by atoms with Crippen molar-refractivity contribution in [3.63, 3.8) is 0 Å². The van der Waals surface area contributed by atoms with Crippen LogP contribution < -0.4 is 18.9 Å². The largest absolute Gasteiger partial charge is 0.507 e. The highest BCUT2D eigenvalue weighted by molar-refractivity contribution is 7.09. The van der Waals surface area contributed by atoms with Gasteiger partial charge in [-0.15, -0.1) is 11.3 Å². The average Bonchev–Trinajstić information content (AvgIpc) is 3.60. The van der Waals surface area contributed by atoms with E-state index in [-0.39, 0.29) is 24.7 Å². The molecule has 0 radical (unpaired) electrons. The number of fused-ring (bicyclic) bond motifs is 1. The van der Waals surface area contributed by atoms with Crippen molar-refractivity contribution in [3.05, 3.63) is 75.5 Å². The number of ketones is 1. The van der Waals surface area contributed by atoms with Gasteiger partial charge in [-0.25, -0.2) is 0 Å². The number of aliphatic hydroxyl groups is 1. The van der Waals surface area contributed by atoms with Crippen molar-refractivity contribution in [2.24, 2.45) is 0 Å². The average molecular weight is 480 g/mol. The number of benzene rings is 2. The molecule has 0 saturated carbocycles. The van der Waals surface area contributed by atoms with Crippen LogP contribution in [0.4, 0.5) is 0 Å². The van der Waals surface area contributed by atoms with Crippen molar-refractivity contribution >= 4 is 28.8 Å². The molecule has 34 heavy (non-hydrogen) atoms. The monoisotopic (exact) mass is 479 g/mol. The molecule has 2 aromatic carbocycles. The van der Waals surface area contributed by atoms with Crippen LogP contribution in [0.25, 0.3) is 5.76 Å². The Labute approximate surface area is 199 Å². The molecular formula is C25H21NO7S. The number of amides is 1. The van der Waals surface area contributed by atoms with Crippen LogP contribution in [0, 0.1) is 0 Å². The lowest BCUT2D eigenvalue weighted by Gasteiger charge is -2.26. The molecule has 2 aliphatic rings. The molecule has 1 unspecified atom stereocenters. The number of carbonyl (C=O) groups is 2. The van der Waals surface area contributed by atoms with Crippen molar-refractivity contribution in [3.8, 4) is 23.0 Å². The summed E-state index contributed by atoms with van der Waals surface area (Å²) >= 11 is 1.48. The standard InChI is InChI=1S/C25H21NO7S/c1-30-18-7-3-6-16(24(18)31-2)21-20(22(27)14-8-9-17-19(11-14)33-13-32-17)23(28)25(29)26(21)12-15-5-4-10-34-15/h3-11,21,27H,12-13H2,1-2H3/b22-20+. The Morgan fingerprint density at radius 1 is 1.09 bits per heavy atom. The zero-order valence-corrected chi connectivity index (χ0v) is 19.3. The number of ether oxygens (including phenoxy) is 4. The van der Waals surface area contributed by atoms with Gasteiger partial charge in [-0.05, 0) is 35.7 Å². The maximum Gasteiger partial charge on any atom is 0.295 e. The first-order valence-electron chi connectivity index (χ1n) is 10.4. The fourth-order valence-corrected chi connectivity index (χ4v) is 4.97. The number of Topliss-reactive ketones (excluding diaryl/α,β-unsaturated/α-hetero) is 1. The van der Waals surface area contributed by atoms with Crippen LogP contribution in [0.15, 0.2) is 59.5 Å². The summed E-state index contributed by atoms with van der Waals surface area (Å²) < 4.78 is 21.8. The number of methoxy groups -OCH3 is 2. The lowest BCUT2D eigenvalue weighted by atomic mass is 9.94. The van der Waals surface area contributed by atoms with Crippen molar-refractivity contribution in [2.45, 2.75) is 12.6 Å². The second kappa shape index (κ2) is 8.75. The van der Waals surface area contributed by atoms with Crippen LogP contribution >= 0.6 is 11.3 Å². The number of carbonyl (C=O) groups excluding carboxylic acids is 2. The van der Waals surface area contributed by atoms with Gasteiger partial charge < -0.3 is 29.0 Å². The van der Waals surface area contributed by atoms with E-state index in [9.17, 15) is 14.7 Å². The number of aliphatic hydroxyl groups excluding tert-OH is 1. The van der Waals surface area contributed by atoms with E-state index in [2.05, 4.69) is 0 Å². The third kappa shape index (κ3) is 3.54. The van der Waals surface area contributed by atoms with E-state index in [1.54, 1.807) is 36.4 Å². The summed E-state index contributed by atoms with van der Waals surface area (Å²) in [4.78, 5) is 28.9. The molecule has 3 aromatic rings. The Hall–Kier alpha value is -3.98. The predicted molar refractivity (Wildman–Crippen MR) is 124 cm³/mol. The quantitative estimate of drug-likeness (QED) is 0.323. The Morgan fingerprint density at radius 2 is 1.91 bits per heavy atom. The van der Waals surface area contributed by atoms with Gasteiger partial charge in [0, 0.05) is 16.0 Å². The Kier molecular flexibility index (Phi) is 5.62. The minimum atomic E-state index is -0.891. The van der Waals surface area contributed by atoms with E-state index < -0.39 is 17.7 Å². The maximum atomic E-state index is 13.3. The second-order valence-electron chi connectivity index (χ2n) is 7.66. The summed E-state index contributed by atoms with van der Waals surface area (Å²) in [5, 5.41) is 13.2. The summed E-state index contributed by atoms with van der Waals surface area (Å²) in [6.45, 7) is 0.275. The molecule has 1 atom stereocenters. The van der Waals surface area contributed by atoms with Gasteiger partial charge in [-0.3, -0.25) is 9.59 Å². The van der Waals surface area contributed by atoms with Gasteiger partial charge >= 0.3 is 0 Å². The Balaban J connectivity index is 1.70. The smallest absolute Gasteiger partial charge is 0.295 e. The first-order chi connectivity index (χ1) is 16.5. The van der Waals surface area contributed by atoms with E-state index in [0.29, 0.717) is 34.1 Å². The van der Waals surface area contributed by atoms with Crippen LogP contribution in [0.5, 0.6) is 23.0 Å². The number of nitrogens with zero attached hydrogens (tertiary/aromatic N) is 1. The highest BCUT2D eigenvalue weighted by Crippen LogP contribution is 2.46. The molecule has 0 spiro atoms. The first kappa shape index (κ1) is 21.8. The molecule has 0 aliphatic carbocycles. The van der Waals surface area contributed by atoms with Gasteiger partial charge in [0.1, 0.15) is 5.76 Å². The van der Waals surface area contributed by atoms with Crippen molar-refractivity contribution < 1.29 is 33.6 Å². The zero-order valence-electron chi connectivity index (χ0n) is 18.4. The lowest BCUT2D eigenvalue weighted by molar-refractivity contribution is -0.140. The van der Waals surface area contributed by atoms with Gasteiger partial charge in [0.25, 0.3) is 11.7 Å². The molecule has 174 valence electrons. The van der Waals surface area contributed by atoms with Gasteiger partial charge in [-0.2, -0.15) is 0 Å². The van der Waals surface area contributed by atoms with Crippen LogP contribution in [-0.2, 0) is 16.1 Å². The topological polar surface area (TPSA) is 94.5 Å². The number of para-hydroxylation sites is 1. The van der Waals surface area contributed by atoms with E-state index in [0.717, 1.165) is 4.88 Å². The van der Waals surface area contributed by atoms with E-state index >= 15 is 0 Å². The summed E-state index contributed by atoms with van der Waals surface area (Å²) in [6.07, 6.45) is 0. The van der Waals surface area contributed by atoms with Gasteiger partial charge in [-0.1, -0.05) is 18.2 Å². The molecule has 3 heterocycles. The molecule has 9 heteroatoms.